The second kappa shape index (κ2) is 8.69. The molecule has 146 valence electrons. The summed E-state index contributed by atoms with van der Waals surface area (Å²) in [6, 6.07) is 1.23. The van der Waals surface area contributed by atoms with Crippen molar-refractivity contribution in [3.8, 4) is 0 Å². The lowest BCUT2D eigenvalue weighted by molar-refractivity contribution is 0.0936. The summed E-state index contributed by atoms with van der Waals surface area (Å²) in [5.41, 5.74) is 11.2. The highest BCUT2D eigenvalue weighted by Gasteiger charge is 2.32. The van der Waals surface area contributed by atoms with E-state index in [0.717, 1.165) is 4.47 Å². The lowest BCUT2D eigenvalue weighted by Gasteiger charge is -2.24. The van der Waals surface area contributed by atoms with E-state index in [1.165, 1.54) is 0 Å². The van der Waals surface area contributed by atoms with E-state index in [0.29, 0.717) is 23.3 Å². The molecule has 26 heavy (non-hydrogen) atoms. The standard InChI is InChI=1S/C13H20Br2N6O4S/c14-9-4-10(20-11(9)15)12(22)18-5-8-3-7(19-13(16)17)6-21(8)1-2-26(23,24)25/h4,7-8,20H,1-3,5-6H2,(H,18,22)(H4,16,17,19)(H,23,24,25)/p-1/t7-,8-/m1/s1. The van der Waals surface area contributed by atoms with Crippen molar-refractivity contribution < 1.29 is 17.8 Å². The monoisotopic (exact) mass is 513 g/mol. The van der Waals surface area contributed by atoms with E-state index in [1.807, 2.05) is 0 Å². The number of rotatable bonds is 7. The largest absolute Gasteiger partial charge is 0.748 e. The molecule has 2 heterocycles. The molecule has 1 aromatic rings. The summed E-state index contributed by atoms with van der Waals surface area (Å²) >= 11 is 6.56. The third-order valence-electron chi connectivity index (χ3n) is 3.93. The van der Waals surface area contributed by atoms with Gasteiger partial charge in [0.25, 0.3) is 5.91 Å². The van der Waals surface area contributed by atoms with Crippen LogP contribution in [0.4, 0.5) is 0 Å². The van der Waals surface area contributed by atoms with Gasteiger partial charge < -0.3 is 26.3 Å². The number of nitrogens with two attached hydrogens (primary N) is 2. The van der Waals surface area contributed by atoms with Crippen LogP contribution < -0.4 is 16.8 Å². The van der Waals surface area contributed by atoms with Crippen LogP contribution in [0.1, 0.15) is 16.9 Å². The van der Waals surface area contributed by atoms with E-state index < -0.39 is 15.9 Å². The molecule has 0 aliphatic carbocycles. The van der Waals surface area contributed by atoms with Crippen LogP contribution >= 0.6 is 31.9 Å². The van der Waals surface area contributed by atoms with Crippen LogP contribution in [0.2, 0.25) is 0 Å². The Labute approximate surface area is 167 Å². The lowest BCUT2D eigenvalue weighted by Crippen LogP contribution is -2.42. The highest BCUT2D eigenvalue weighted by molar-refractivity contribution is 9.13. The zero-order chi connectivity index (χ0) is 19.5. The predicted octanol–water partition coefficient (Wildman–Crippen LogP) is -0.469. The molecular weight excluding hydrogens is 496 g/mol. The predicted molar refractivity (Wildman–Crippen MR) is 103 cm³/mol. The Morgan fingerprint density at radius 2 is 2.15 bits per heavy atom. The minimum absolute atomic E-state index is 0.0580. The zero-order valence-electron chi connectivity index (χ0n) is 13.6. The zero-order valence-corrected chi connectivity index (χ0v) is 17.6. The number of nitrogens with zero attached hydrogens (tertiary/aromatic N) is 2. The van der Waals surface area contributed by atoms with Crippen molar-refractivity contribution in [1.29, 1.82) is 0 Å². The molecule has 0 aromatic carbocycles. The summed E-state index contributed by atoms with van der Waals surface area (Å²) in [7, 11) is -4.33. The average molecular weight is 515 g/mol. The molecule has 0 unspecified atom stereocenters. The molecule has 13 heteroatoms. The van der Waals surface area contributed by atoms with Gasteiger partial charge in [-0.1, -0.05) is 0 Å². The number of halogens is 2. The summed E-state index contributed by atoms with van der Waals surface area (Å²) in [4.78, 5) is 21.0. The van der Waals surface area contributed by atoms with E-state index in [4.69, 9.17) is 11.5 Å². The van der Waals surface area contributed by atoms with E-state index in [-0.39, 0.29) is 37.0 Å². The molecule has 1 aromatic heterocycles. The van der Waals surface area contributed by atoms with Gasteiger partial charge in [0.05, 0.1) is 31.0 Å². The van der Waals surface area contributed by atoms with Gasteiger partial charge in [0, 0.05) is 25.7 Å². The first-order chi connectivity index (χ1) is 12.0. The van der Waals surface area contributed by atoms with Gasteiger partial charge in [0.2, 0.25) is 0 Å². The summed E-state index contributed by atoms with van der Waals surface area (Å²) in [6.07, 6.45) is 0.537. The van der Waals surface area contributed by atoms with Crippen molar-refractivity contribution in [2.75, 3.05) is 25.4 Å². The van der Waals surface area contributed by atoms with Gasteiger partial charge in [-0.15, -0.1) is 0 Å². The number of amides is 1. The summed E-state index contributed by atoms with van der Waals surface area (Å²) in [5.74, 6) is -0.877. The molecule has 2 rings (SSSR count). The first kappa shape index (κ1) is 21.2. The van der Waals surface area contributed by atoms with Crippen LogP contribution in [0.3, 0.4) is 0 Å². The summed E-state index contributed by atoms with van der Waals surface area (Å²) in [5, 5.41) is 2.79. The second-order valence-corrected chi connectivity index (χ2v) is 9.08. The van der Waals surface area contributed by atoms with Crippen molar-refractivity contribution >= 4 is 53.8 Å². The molecule has 0 radical (unpaired) electrons. The Morgan fingerprint density at radius 1 is 1.46 bits per heavy atom. The molecule has 0 saturated carbocycles. The molecule has 0 bridgehead atoms. The maximum absolute atomic E-state index is 12.2. The maximum atomic E-state index is 12.2. The van der Waals surface area contributed by atoms with Crippen molar-refractivity contribution in [1.82, 2.24) is 15.2 Å². The van der Waals surface area contributed by atoms with E-state index >= 15 is 0 Å². The van der Waals surface area contributed by atoms with Gasteiger partial charge in [0.1, 0.15) is 5.69 Å². The van der Waals surface area contributed by atoms with E-state index in [2.05, 4.69) is 47.2 Å². The quantitative estimate of drug-likeness (QED) is 0.216. The molecule has 2 atom stereocenters. The molecule has 1 aliphatic heterocycles. The van der Waals surface area contributed by atoms with Gasteiger partial charge in [-0.05, 0) is 44.3 Å². The molecule has 10 nitrogen and oxygen atoms in total. The van der Waals surface area contributed by atoms with Crippen molar-refractivity contribution in [2.24, 2.45) is 16.5 Å². The molecule has 1 saturated heterocycles. The second-order valence-electron chi connectivity index (χ2n) is 5.91. The number of H-pyrrole nitrogens is 1. The van der Waals surface area contributed by atoms with Crippen molar-refractivity contribution in [3.63, 3.8) is 0 Å². The SMILES string of the molecule is NC(N)=N[C@@H]1C[C@H](CNC(=O)c2cc(Br)c(Br)[nH]2)N(CCS(=O)(=O)[O-])C1. The smallest absolute Gasteiger partial charge is 0.267 e. The third-order valence-corrected chi connectivity index (χ3v) is 6.40. The van der Waals surface area contributed by atoms with Crippen LogP contribution in [0, 0.1) is 0 Å². The number of guanidine groups is 1. The minimum atomic E-state index is -4.33. The van der Waals surface area contributed by atoms with E-state index in [9.17, 15) is 17.8 Å². The van der Waals surface area contributed by atoms with Gasteiger partial charge in [-0.3, -0.25) is 9.69 Å². The minimum Gasteiger partial charge on any atom is -0.748 e. The molecule has 0 spiro atoms. The number of hydrogen-bond acceptors (Lipinski definition) is 6. The van der Waals surface area contributed by atoms with Crippen molar-refractivity contribution in [3.05, 3.63) is 20.8 Å². The maximum Gasteiger partial charge on any atom is 0.267 e. The van der Waals surface area contributed by atoms with Gasteiger partial charge >= 0.3 is 0 Å². The summed E-state index contributed by atoms with van der Waals surface area (Å²) < 4.78 is 34.1. The number of hydrogen-bond donors (Lipinski definition) is 4. The summed E-state index contributed by atoms with van der Waals surface area (Å²) in [6.45, 7) is 0.735. The Hall–Kier alpha value is -1.15. The lowest BCUT2D eigenvalue weighted by atomic mass is 10.1. The Kier molecular flexibility index (Phi) is 7.07. The van der Waals surface area contributed by atoms with Crippen LogP contribution in [-0.2, 0) is 10.1 Å². The number of likely N-dealkylation sites (tertiary alicyclic amines) is 1. The van der Waals surface area contributed by atoms with Crippen LogP contribution in [0.25, 0.3) is 0 Å². The Morgan fingerprint density at radius 3 is 2.69 bits per heavy atom. The van der Waals surface area contributed by atoms with Crippen LogP contribution in [-0.4, -0.2) is 72.2 Å². The van der Waals surface area contributed by atoms with Crippen molar-refractivity contribution in [2.45, 2.75) is 18.5 Å². The first-order valence-electron chi connectivity index (χ1n) is 7.63. The number of carbonyl (C=O) groups is 1. The molecule has 1 amide bonds. The number of aliphatic imine (C=N–C) groups is 1. The van der Waals surface area contributed by atoms with Crippen LogP contribution in [0.5, 0.6) is 0 Å². The fraction of sp³-hybridized carbons (Fsp3) is 0.538. The molecule has 1 aliphatic rings. The highest BCUT2D eigenvalue weighted by Crippen LogP contribution is 2.23. The molecule has 1 fully saturated rings. The highest BCUT2D eigenvalue weighted by atomic mass is 79.9. The number of aromatic amines is 1. The number of carbonyl (C=O) groups excluding carboxylic acids is 1. The van der Waals surface area contributed by atoms with E-state index in [1.54, 1.807) is 11.0 Å². The topological polar surface area (TPSA) is 170 Å². The fourth-order valence-electron chi connectivity index (χ4n) is 2.81. The molecular formula is C13H19Br2N6O4S-. The fourth-order valence-corrected chi connectivity index (χ4v) is 3.92. The Bertz CT molecular complexity index is 773. The van der Waals surface area contributed by atoms with Gasteiger partial charge in [-0.25, -0.2) is 13.4 Å². The average Bonchev–Trinajstić information content (AvgIpc) is 3.05. The normalized spacial score (nSPS) is 20.9. The number of aromatic nitrogens is 1. The number of nitrogens with one attached hydrogen (secondary N) is 2. The van der Waals surface area contributed by atoms with Gasteiger partial charge in [0.15, 0.2) is 5.96 Å². The molecule has 6 N–H and O–H groups in total. The Balaban J connectivity index is 2.00. The first-order valence-corrected chi connectivity index (χ1v) is 10.8. The van der Waals surface area contributed by atoms with Gasteiger partial charge in [-0.2, -0.15) is 0 Å². The third kappa shape index (κ3) is 6.23. The van der Waals surface area contributed by atoms with Crippen LogP contribution in [0.15, 0.2) is 20.1 Å².